The fourth-order valence-electron chi connectivity index (χ4n) is 1.87. The Morgan fingerprint density at radius 3 is 2.74 bits per heavy atom. The SMILES string of the molecule is CCN(Cc1cccs1)c1ccc(C(N)=S)cc1Cl. The molecule has 0 bridgehead atoms. The zero-order valence-electron chi connectivity index (χ0n) is 10.6. The maximum atomic E-state index is 6.33. The van der Waals surface area contributed by atoms with Crippen molar-refractivity contribution in [1.82, 2.24) is 0 Å². The van der Waals surface area contributed by atoms with Crippen molar-refractivity contribution in [2.75, 3.05) is 11.4 Å². The van der Waals surface area contributed by atoms with Crippen LogP contribution in [0.25, 0.3) is 0 Å². The number of anilines is 1. The van der Waals surface area contributed by atoms with Gasteiger partial charge in [0.1, 0.15) is 4.99 Å². The number of rotatable bonds is 5. The molecule has 0 unspecified atom stereocenters. The summed E-state index contributed by atoms with van der Waals surface area (Å²) in [5.74, 6) is 0. The molecule has 2 aromatic rings. The average molecular weight is 311 g/mol. The number of thiophene rings is 1. The molecule has 2 nitrogen and oxygen atoms in total. The van der Waals surface area contributed by atoms with Crippen LogP contribution in [0.15, 0.2) is 35.7 Å². The third-order valence-corrected chi connectivity index (χ3v) is 4.28. The number of nitrogens with two attached hydrogens (primary N) is 1. The van der Waals surface area contributed by atoms with E-state index < -0.39 is 0 Å². The Morgan fingerprint density at radius 1 is 1.42 bits per heavy atom. The Bertz CT molecular complexity index is 567. The molecule has 0 saturated heterocycles. The summed E-state index contributed by atoms with van der Waals surface area (Å²) in [7, 11) is 0. The van der Waals surface area contributed by atoms with Gasteiger partial charge in [-0.1, -0.05) is 29.9 Å². The Kier molecular flexibility index (Phi) is 4.80. The summed E-state index contributed by atoms with van der Waals surface area (Å²) >= 11 is 13.0. The molecule has 0 aliphatic rings. The van der Waals surface area contributed by atoms with Crippen LogP contribution in [0.5, 0.6) is 0 Å². The minimum atomic E-state index is 0.370. The van der Waals surface area contributed by atoms with Crippen LogP contribution >= 0.6 is 35.2 Å². The molecule has 0 spiro atoms. The van der Waals surface area contributed by atoms with Crippen LogP contribution in [-0.2, 0) is 6.54 Å². The first-order valence-electron chi connectivity index (χ1n) is 5.98. The summed E-state index contributed by atoms with van der Waals surface area (Å²) in [6.07, 6.45) is 0. The van der Waals surface area contributed by atoms with Gasteiger partial charge < -0.3 is 10.6 Å². The lowest BCUT2D eigenvalue weighted by molar-refractivity contribution is 0.843. The van der Waals surface area contributed by atoms with E-state index in [0.29, 0.717) is 10.0 Å². The van der Waals surface area contributed by atoms with Crippen molar-refractivity contribution in [2.45, 2.75) is 13.5 Å². The van der Waals surface area contributed by atoms with Gasteiger partial charge in [-0.2, -0.15) is 0 Å². The van der Waals surface area contributed by atoms with E-state index in [0.717, 1.165) is 24.3 Å². The molecule has 2 N–H and O–H groups in total. The minimum Gasteiger partial charge on any atom is -0.389 e. The molecule has 0 saturated carbocycles. The second-order valence-corrected chi connectivity index (χ2v) is 6.00. The van der Waals surface area contributed by atoms with E-state index in [1.165, 1.54) is 4.88 Å². The van der Waals surface area contributed by atoms with E-state index in [2.05, 4.69) is 29.3 Å². The second kappa shape index (κ2) is 6.37. The first kappa shape index (κ1) is 14.3. The molecule has 0 aliphatic carbocycles. The number of thiocarbonyl (C=S) groups is 1. The van der Waals surface area contributed by atoms with Gasteiger partial charge in [-0.15, -0.1) is 11.3 Å². The van der Waals surface area contributed by atoms with Crippen LogP contribution in [0.2, 0.25) is 5.02 Å². The molecule has 0 radical (unpaired) electrons. The fourth-order valence-corrected chi connectivity index (χ4v) is 3.02. The smallest absolute Gasteiger partial charge is 0.104 e. The zero-order valence-corrected chi connectivity index (χ0v) is 13.0. The highest BCUT2D eigenvalue weighted by atomic mass is 35.5. The summed E-state index contributed by atoms with van der Waals surface area (Å²) in [5.41, 5.74) is 7.43. The molecule has 1 aromatic heterocycles. The van der Waals surface area contributed by atoms with E-state index >= 15 is 0 Å². The van der Waals surface area contributed by atoms with Crippen molar-refractivity contribution in [3.05, 3.63) is 51.2 Å². The van der Waals surface area contributed by atoms with E-state index in [-0.39, 0.29) is 0 Å². The number of hydrogen-bond acceptors (Lipinski definition) is 3. The third kappa shape index (κ3) is 3.47. The fraction of sp³-hybridized carbons (Fsp3) is 0.214. The summed E-state index contributed by atoms with van der Waals surface area (Å²) < 4.78 is 0. The predicted octanol–water partition coefficient (Wildman–Crippen LogP) is 4.06. The molecule has 0 amide bonds. The largest absolute Gasteiger partial charge is 0.389 e. The third-order valence-electron chi connectivity index (χ3n) is 2.88. The topological polar surface area (TPSA) is 29.3 Å². The molecular formula is C14H15ClN2S2. The van der Waals surface area contributed by atoms with Crippen molar-refractivity contribution in [2.24, 2.45) is 5.73 Å². The Morgan fingerprint density at radius 2 is 2.21 bits per heavy atom. The highest BCUT2D eigenvalue weighted by Crippen LogP contribution is 2.28. The lowest BCUT2D eigenvalue weighted by Gasteiger charge is -2.24. The Balaban J connectivity index is 2.25. The van der Waals surface area contributed by atoms with E-state index in [4.69, 9.17) is 29.6 Å². The number of halogens is 1. The van der Waals surface area contributed by atoms with Gasteiger partial charge in [-0.05, 0) is 36.6 Å². The molecule has 0 fully saturated rings. The highest BCUT2D eigenvalue weighted by Gasteiger charge is 2.11. The summed E-state index contributed by atoms with van der Waals surface area (Å²) in [5, 5.41) is 2.77. The van der Waals surface area contributed by atoms with Crippen molar-refractivity contribution >= 4 is 45.8 Å². The van der Waals surface area contributed by atoms with E-state index in [1.54, 1.807) is 11.3 Å². The lowest BCUT2D eigenvalue weighted by Crippen LogP contribution is -2.22. The Labute approximate surface area is 127 Å². The van der Waals surface area contributed by atoms with Gasteiger partial charge >= 0.3 is 0 Å². The molecule has 19 heavy (non-hydrogen) atoms. The van der Waals surface area contributed by atoms with Gasteiger partial charge in [-0.3, -0.25) is 0 Å². The molecule has 2 rings (SSSR count). The normalized spacial score (nSPS) is 10.4. The second-order valence-electron chi connectivity index (χ2n) is 4.12. The molecule has 1 aromatic carbocycles. The van der Waals surface area contributed by atoms with Gasteiger partial charge in [0.2, 0.25) is 0 Å². The Hall–Kier alpha value is -1.10. The van der Waals surface area contributed by atoms with Crippen LogP contribution in [-0.4, -0.2) is 11.5 Å². The maximum Gasteiger partial charge on any atom is 0.104 e. The van der Waals surface area contributed by atoms with Gasteiger partial charge in [-0.25, -0.2) is 0 Å². The van der Waals surface area contributed by atoms with Crippen molar-refractivity contribution in [3.8, 4) is 0 Å². The van der Waals surface area contributed by atoms with Crippen molar-refractivity contribution < 1.29 is 0 Å². The van der Waals surface area contributed by atoms with Crippen molar-refractivity contribution in [3.63, 3.8) is 0 Å². The number of nitrogens with zero attached hydrogens (tertiary/aromatic N) is 1. The maximum absolute atomic E-state index is 6.33. The molecule has 0 aliphatic heterocycles. The molecule has 0 atom stereocenters. The van der Waals surface area contributed by atoms with Crippen LogP contribution < -0.4 is 10.6 Å². The molecular weight excluding hydrogens is 296 g/mol. The summed E-state index contributed by atoms with van der Waals surface area (Å²) in [6, 6.07) is 9.92. The van der Waals surface area contributed by atoms with Crippen LogP contribution in [0, 0.1) is 0 Å². The van der Waals surface area contributed by atoms with E-state index in [1.807, 2.05) is 18.2 Å². The number of benzene rings is 1. The molecule has 100 valence electrons. The monoisotopic (exact) mass is 310 g/mol. The van der Waals surface area contributed by atoms with Gasteiger partial charge in [0.05, 0.1) is 17.3 Å². The van der Waals surface area contributed by atoms with Gasteiger partial charge in [0.15, 0.2) is 0 Å². The minimum absolute atomic E-state index is 0.370. The van der Waals surface area contributed by atoms with Crippen LogP contribution in [0.4, 0.5) is 5.69 Å². The number of hydrogen-bond donors (Lipinski definition) is 1. The standard InChI is InChI=1S/C14H15ClN2S2/c1-2-17(9-11-4-3-7-19-11)13-6-5-10(14(16)18)8-12(13)15/h3-8H,2,9H2,1H3,(H2,16,18). The first-order chi connectivity index (χ1) is 9.11. The van der Waals surface area contributed by atoms with E-state index in [9.17, 15) is 0 Å². The summed E-state index contributed by atoms with van der Waals surface area (Å²) in [6.45, 7) is 3.87. The van der Waals surface area contributed by atoms with Crippen molar-refractivity contribution in [1.29, 1.82) is 0 Å². The van der Waals surface area contributed by atoms with Crippen LogP contribution in [0.1, 0.15) is 17.4 Å². The van der Waals surface area contributed by atoms with Gasteiger partial charge in [0.25, 0.3) is 0 Å². The van der Waals surface area contributed by atoms with Crippen LogP contribution in [0.3, 0.4) is 0 Å². The molecule has 1 heterocycles. The lowest BCUT2D eigenvalue weighted by atomic mass is 10.2. The molecule has 5 heteroatoms. The average Bonchev–Trinajstić information content (AvgIpc) is 2.89. The highest BCUT2D eigenvalue weighted by molar-refractivity contribution is 7.80. The predicted molar refractivity (Wildman–Crippen MR) is 88.4 cm³/mol. The first-order valence-corrected chi connectivity index (χ1v) is 7.65. The zero-order chi connectivity index (χ0) is 13.8. The van der Waals surface area contributed by atoms with Gasteiger partial charge in [0, 0.05) is 17.0 Å². The summed E-state index contributed by atoms with van der Waals surface area (Å²) in [4.78, 5) is 3.92. The quantitative estimate of drug-likeness (QED) is 0.844.